The molecule has 0 radical (unpaired) electrons. The zero-order valence-corrected chi connectivity index (χ0v) is 17.7. The van der Waals surface area contributed by atoms with Gasteiger partial charge in [-0.15, -0.1) is 10.2 Å². The summed E-state index contributed by atoms with van der Waals surface area (Å²) in [5.41, 5.74) is 0.631. The molecule has 0 unspecified atom stereocenters. The number of anilines is 1. The molecule has 1 aromatic carbocycles. The minimum atomic E-state index is -0.336. The van der Waals surface area contributed by atoms with Gasteiger partial charge in [0.15, 0.2) is 4.34 Å². The third-order valence-corrected chi connectivity index (χ3v) is 6.54. The maximum atomic E-state index is 12.2. The summed E-state index contributed by atoms with van der Waals surface area (Å²) >= 11 is 8.28. The number of halogens is 1. The maximum absolute atomic E-state index is 12.2. The molecule has 150 valence electrons. The van der Waals surface area contributed by atoms with Crippen LogP contribution in [-0.4, -0.2) is 58.8 Å². The number of nitrogens with one attached hydrogen (secondary N) is 2. The standard InChI is InChI=1S/C18H22ClN5O2S2/c19-13-4-6-14(7-5-13)21-16(26)17-22-23-18(28-17)27-12-15(25)20-8-11-24-9-2-1-3-10-24/h4-7H,1-3,8-12H2,(H,20,25)(H,21,26). The van der Waals surface area contributed by atoms with Crippen LogP contribution in [0.25, 0.3) is 0 Å². The molecular weight excluding hydrogens is 418 g/mol. The average molecular weight is 440 g/mol. The van der Waals surface area contributed by atoms with Gasteiger partial charge < -0.3 is 15.5 Å². The van der Waals surface area contributed by atoms with Crippen molar-refractivity contribution < 1.29 is 9.59 Å². The van der Waals surface area contributed by atoms with Crippen molar-refractivity contribution in [2.24, 2.45) is 0 Å². The number of hydrogen-bond donors (Lipinski definition) is 2. The van der Waals surface area contributed by atoms with Gasteiger partial charge in [-0.05, 0) is 50.2 Å². The van der Waals surface area contributed by atoms with Gasteiger partial charge in [-0.25, -0.2) is 0 Å². The molecule has 1 saturated heterocycles. The molecule has 0 saturated carbocycles. The van der Waals surface area contributed by atoms with Gasteiger partial charge in [-0.3, -0.25) is 9.59 Å². The summed E-state index contributed by atoms with van der Waals surface area (Å²) in [5, 5.41) is 14.4. The van der Waals surface area contributed by atoms with E-state index in [0.29, 0.717) is 21.6 Å². The molecule has 28 heavy (non-hydrogen) atoms. The van der Waals surface area contributed by atoms with E-state index in [-0.39, 0.29) is 22.6 Å². The summed E-state index contributed by atoms with van der Waals surface area (Å²) in [4.78, 5) is 26.6. The lowest BCUT2D eigenvalue weighted by molar-refractivity contribution is -0.118. The Bertz CT molecular complexity index is 794. The van der Waals surface area contributed by atoms with Crippen LogP contribution in [0.3, 0.4) is 0 Å². The van der Waals surface area contributed by atoms with Crippen molar-refractivity contribution >= 4 is 52.2 Å². The molecule has 1 aliphatic heterocycles. The number of amides is 2. The monoisotopic (exact) mass is 439 g/mol. The van der Waals surface area contributed by atoms with Gasteiger partial charge >= 0.3 is 0 Å². The Morgan fingerprint density at radius 3 is 2.64 bits per heavy atom. The summed E-state index contributed by atoms with van der Waals surface area (Å²) in [7, 11) is 0. The number of nitrogens with zero attached hydrogens (tertiary/aromatic N) is 3. The predicted molar refractivity (Wildman–Crippen MR) is 113 cm³/mol. The quantitative estimate of drug-likeness (QED) is 0.614. The molecule has 1 aliphatic rings. The van der Waals surface area contributed by atoms with Crippen molar-refractivity contribution in [1.29, 1.82) is 0 Å². The van der Waals surface area contributed by atoms with E-state index in [4.69, 9.17) is 11.6 Å². The Balaban J connectivity index is 1.38. The summed E-state index contributed by atoms with van der Waals surface area (Å²) in [5.74, 6) is -0.116. The molecule has 0 spiro atoms. The zero-order valence-electron chi connectivity index (χ0n) is 15.3. The maximum Gasteiger partial charge on any atom is 0.286 e. The first kappa shape index (κ1) is 21.0. The van der Waals surface area contributed by atoms with Gasteiger partial charge in [-0.2, -0.15) is 0 Å². The minimum Gasteiger partial charge on any atom is -0.354 e. The molecule has 1 aromatic heterocycles. The average Bonchev–Trinajstić information content (AvgIpc) is 3.18. The smallest absolute Gasteiger partial charge is 0.286 e. The highest BCUT2D eigenvalue weighted by Gasteiger charge is 2.15. The second kappa shape index (κ2) is 10.8. The largest absolute Gasteiger partial charge is 0.354 e. The number of carbonyl (C=O) groups excluding carboxylic acids is 2. The third-order valence-electron chi connectivity index (χ3n) is 4.23. The fraction of sp³-hybridized carbons (Fsp3) is 0.444. The fourth-order valence-corrected chi connectivity index (χ4v) is 4.50. The van der Waals surface area contributed by atoms with Crippen LogP contribution < -0.4 is 10.6 Å². The summed E-state index contributed by atoms with van der Waals surface area (Å²) in [6.07, 6.45) is 3.80. The van der Waals surface area contributed by atoms with Crippen LogP contribution in [0.4, 0.5) is 5.69 Å². The van der Waals surface area contributed by atoms with E-state index < -0.39 is 0 Å². The molecule has 0 atom stereocenters. The number of benzene rings is 1. The van der Waals surface area contributed by atoms with Crippen LogP contribution in [0, 0.1) is 0 Å². The number of aromatic nitrogens is 2. The fourth-order valence-electron chi connectivity index (χ4n) is 2.79. The van der Waals surface area contributed by atoms with Crippen LogP contribution in [0.15, 0.2) is 28.6 Å². The highest BCUT2D eigenvalue weighted by atomic mass is 35.5. The van der Waals surface area contributed by atoms with Gasteiger partial charge in [0.2, 0.25) is 10.9 Å². The van der Waals surface area contributed by atoms with Gasteiger partial charge in [0.25, 0.3) is 5.91 Å². The molecule has 1 fully saturated rings. The molecule has 0 bridgehead atoms. The molecule has 2 heterocycles. The lowest BCUT2D eigenvalue weighted by atomic mass is 10.1. The molecule has 2 amide bonds. The van der Waals surface area contributed by atoms with Gasteiger partial charge in [0, 0.05) is 23.8 Å². The van der Waals surface area contributed by atoms with E-state index in [2.05, 4.69) is 25.7 Å². The van der Waals surface area contributed by atoms with Crippen LogP contribution in [0.5, 0.6) is 0 Å². The number of thioether (sulfide) groups is 1. The second-order valence-electron chi connectivity index (χ2n) is 6.38. The predicted octanol–water partition coefficient (Wildman–Crippen LogP) is 3.14. The molecule has 2 N–H and O–H groups in total. The van der Waals surface area contributed by atoms with Crippen molar-refractivity contribution in [3.8, 4) is 0 Å². The van der Waals surface area contributed by atoms with Gasteiger partial charge in [-0.1, -0.05) is 41.1 Å². The summed E-state index contributed by atoms with van der Waals surface area (Å²) in [6, 6.07) is 6.82. The summed E-state index contributed by atoms with van der Waals surface area (Å²) in [6.45, 7) is 3.79. The third kappa shape index (κ3) is 6.73. The second-order valence-corrected chi connectivity index (χ2v) is 9.01. The minimum absolute atomic E-state index is 0.0376. The number of hydrogen-bond acceptors (Lipinski definition) is 7. The van der Waals surface area contributed by atoms with Crippen LogP contribution in [-0.2, 0) is 4.79 Å². The SMILES string of the molecule is O=C(CSc1nnc(C(=O)Nc2ccc(Cl)cc2)s1)NCCN1CCCCC1. The number of piperidine rings is 1. The lowest BCUT2D eigenvalue weighted by Gasteiger charge is -2.26. The molecule has 3 rings (SSSR count). The number of rotatable bonds is 8. The Morgan fingerprint density at radius 1 is 1.14 bits per heavy atom. The Morgan fingerprint density at radius 2 is 1.89 bits per heavy atom. The molecular formula is C18H22ClN5O2S2. The van der Waals surface area contributed by atoms with E-state index in [9.17, 15) is 9.59 Å². The van der Waals surface area contributed by atoms with E-state index in [1.165, 1.54) is 42.4 Å². The lowest BCUT2D eigenvalue weighted by Crippen LogP contribution is -2.38. The normalized spacial score (nSPS) is 14.6. The zero-order chi connectivity index (χ0) is 19.8. The number of carbonyl (C=O) groups is 2. The first-order chi connectivity index (χ1) is 13.6. The van der Waals surface area contributed by atoms with Gasteiger partial charge in [0.05, 0.1) is 5.75 Å². The molecule has 2 aromatic rings. The van der Waals surface area contributed by atoms with Crippen LogP contribution in [0.2, 0.25) is 5.02 Å². The molecule has 0 aliphatic carbocycles. The van der Waals surface area contributed by atoms with Crippen molar-refractivity contribution in [3.63, 3.8) is 0 Å². The van der Waals surface area contributed by atoms with Crippen molar-refractivity contribution in [2.45, 2.75) is 23.6 Å². The molecule has 10 heteroatoms. The highest BCUT2D eigenvalue weighted by Crippen LogP contribution is 2.23. The van der Waals surface area contributed by atoms with E-state index in [1.54, 1.807) is 24.3 Å². The van der Waals surface area contributed by atoms with E-state index in [0.717, 1.165) is 19.6 Å². The number of likely N-dealkylation sites (tertiary alicyclic amines) is 1. The Labute approximate surface area is 177 Å². The van der Waals surface area contributed by atoms with Crippen molar-refractivity contribution in [3.05, 3.63) is 34.3 Å². The van der Waals surface area contributed by atoms with Crippen LogP contribution >= 0.6 is 34.7 Å². The summed E-state index contributed by atoms with van der Waals surface area (Å²) < 4.78 is 0.590. The Kier molecular flexibility index (Phi) is 8.08. The van der Waals surface area contributed by atoms with E-state index >= 15 is 0 Å². The van der Waals surface area contributed by atoms with Crippen molar-refractivity contribution in [1.82, 2.24) is 20.4 Å². The first-order valence-electron chi connectivity index (χ1n) is 9.12. The Hall–Kier alpha value is -1.68. The van der Waals surface area contributed by atoms with Gasteiger partial charge in [0.1, 0.15) is 0 Å². The first-order valence-corrected chi connectivity index (χ1v) is 11.3. The van der Waals surface area contributed by atoms with Crippen molar-refractivity contribution in [2.75, 3.05) is 37.2 Å². The molecule has 7 nitrogen and oxygen atoms in total. The topological polar surface area (TPSA) is 87.2 Å². The van der Waals surface area contributed by atoms with Crippen LogP contribution in [0.1, 0.15) is 29.1 Å². The highest BCUT2D eigenvalue weighted by molar-refractivity contribution is 8.01. The van der Waals surface area contributed by atoms with E-state index in [1.807, 2.05) is 0 Å².